The summed E-state index contributed by atoms with van der Waals surface area (Å²) in [6, 6.07) is 14.2. The second-order valence-corrected chi connectivity index (χ2v) is 11.5. The van der Waals surface area contributed by atoms with Crippen LogP contribution >= 0.6 is 0 Å². The molecule has 0 saturated heterocycles. The molecule has 0 spiro atoms. The third-order valence-corrected chi connectivity index (χ3v) is 8.39. The number of unbranched alkanes of at least 4 members (excludes halogenated alkanes) is 10. The van der Waals surface area contributed by atoms with Crippen molar-refractivity contribution in [3.63, 3.8) is 0 Å². The van der Waals surface area contributed by atoms with Gasteiger partial charge in [0.2, 0.25) is 0 Å². The molecule has 0 unspecified atom stereocenters. The normalized spacial score (nSPS) is 11.3. The van der Waals surface area contributed by atoms with Crippen LogP contribution in [0.1, 0.15) is 125 Å². The van der Waals surface area contributed by atoms with Crippen molar-refractivity contribution in [2.24, 2.45) is 0 Å². The van der Waals surface area contributed by atoms with Gasteiger partial charge in [-0.3, -0.25) is 4.79 Å². The molecule has 0 radical (unpaired) electrons. The largest absolute Gasteiger partial charge is 0.493 e. The summed E-state index contributed by atoms with van der Waals surface area (Å²) in [6.45, 7) is 14.0. The monoisotopic (exact) mass is 581 g/mol. The molecule has 1 amide bonds. The molecule has 0 aliphatic rings. The van der Waals surface area contributed by atoms with Crippen molar-refractivity contribution in [3.05, 3.63) is 59.7 Å². The predicted octanol–water partition coefficient (Wildman–Crippen LogP) is 9.05. The fourth-order valence-corrected chi connectivity index (χ4v) is 5.34. The zero-order chi connectivity index (χ0) is 30.5. The zero-order valence-electron chi connectivity index (χ0n) is 26.9. The van der Waals surface area contributed by atoms with E-state index in [4.69, 9.17) is 9.47 Å². The first-order chi connectivity index (χ1) is 20.5. The summed E-state index contributed by atoms with van der Waals surface area (Å²) in [5, 5.41) is 2.93. The topological polar surface area (TPSA) is 64.6 Å². The first kappa shape index (κ1) is 35.3. The molecule has 1 N–H and O–H groups in total. The molecule has 6 heteroatoms. The maximum Gasteiger partial charge on any atom is 0.338 e. The molecule has 0 saturated carbocycles. The quantitative estimate of drug-likeness (QED) is 0.0808. The number of amides is 1. The number of benzene rings is 2. The minimum atomic E-state index is -0.328. The van der Waals surface area contributed by atoms with Gasteiger partial charge in [-0.1, -0.05) is 83.8 Å². The lowest BCUT2D eigenvalue weighted by Gasteiger charge is -2.36. The molecule has 6 nitrogen and oxygen atoms in total. The average molecular weight is 582 g/mol. The van der Waals surface area contributed by atoms with E-state index in [9.17, 15) is 9.59 Å². The molecule has 0 fully saturated rings. The minimum Gasteiger partial charge on any atom is -0.493 e. The molecule has 0 atom stereocenters. The van der Waals surface area contributed by atoms with Crippen LogP contribution in [0, 0.1) is 0 Å². The van der Waals surface area contributed by atoms with Crippen molar-refractivity contribution in [2.75, 3.05) is 44.7 Å². The first-order valence-corrected chi connectivity index (χ1v) is 16.6. The van der Waals surface area contributed by atoms with Crippen LogP contribution in [0.2, 0.25) is 0 Å². The fraction of sp³-hybridized carbons (Fsp3) is 0.611. The van der Waals surface area contributed by atoms with E-state index in [1.165, 1.54) is 64.2 Å². The number of carbonyl (C=O) groups is 2. The number of quaternary nitrogens is 1. The SMILES string of the molecule is CCCCCCCCOc1ccccc1C(=O)Nc1ccc(C(=O)OCC[N+](CC)(CC)CCCCCCCC)cc1. The van der Waals surface area contributed by atoms with Gasteiger partial charge in [-0.25, -0.2) is 4.79 Å². The van der Waals surface area contributed by atoms with Gasteiger partial charge >= 0.3 is 5.97 Å². The molecule has 0 aliphatic heterocycles. The lowest BCUT2D eigenvalue weighted by Crippen LogP contribution is -2.50. The number of carbonyl (C=O) groups excluding carboxylic acids is 2. The highest BCUT2D eigenvalue weighted by molar-refractivity contribution is 6.06. The number of nitrogens with zero attached hydrogens (tertiary/aromatic N) is 1. The molecule has 234 valence electrons. The average Bonchev–Trinajstić information content (AvgIpc) is 3.02. The van der Waals surface area contributed by atoms with Crippen LogP contribution in [0.4, 0.5) is 5.69 Å². The minimum absolute atomic E-state index is 0.234. The van der Waals surface area contributed by atoms with Crippen LogP contribution in [0.3, 0.4) is 0 Å². The Morgan fingerprint density at radius 1 is 0.667 bits per heavy atom. The molecule has 2 rings (SSSR count). The van der Waals surface area contributed by atoms with Gasteiger partial charge in [0.05, 0.1) is 37.4 Å². The maximum atomic E-state index is 13.0. The molecule has 2 aromatic carbocycles. The van der Waals surface area contributed by atoms with E-state index in [-0.39, 0.29) is 11.9 Å². The highest BCUT2D eigenvalue weighted by atomic mass is 16.5. The Morgan fingerprint density at radius 2 is 1.26 bits per heavy atom. The summed E-state index contributed by atoms with van der Waals surface area (Å²) in [5.41, 5.74) is 1.60. The Morgan fingerprint density at radius 3 is 1.90 bits per heavy atom. The summed E-state index contributed by atoms with van der Waals surface area (Å²) in [7, 11) is 0. The van der Waals surface area contributed by atoms with Crippen LogP contribution < -0.4 is 10.1 Å². The second-order valence-electron chi connectivity index (χ2n) is 11.5. The predicted molar refractivity (Wildman–Crippen MR) is 174 cm³/mol. The van der Waals surface area contributed by atoms with Gasteiger partial charge in [0, 0.05) is 5.69 Å². The number of nitrogens with one attached hydrogen (secondary N) is 1. The number of hydrogen-bond donors (Lipinski definition) is 1. The highest BCUT2D eigenvalue weighted by Crippen LogP contribution is 2.21. The van der Waals surface area contributed by atoms with Crippen LogP contribution in [0.15, 0.2) is 48.5 Å². The third kappa shape index (κ3) is 13.0. The first-order valence-electron chi connectivity index (χ1n) is 16.6. The van der Waals surface area contributed by atoms with E-state index < -0.39 is 0 Å². The second kappa shape index (κ2) is 20.9. The van der Waals surface area contributed by atoms with Crippen LogP contribution in [0.5, 0.6) is 5.75 Å². The van der Waals surface area contributed by atoms with Gasteiger partial charge in [0.25, 0.3) is 5.91 Å². The number of esters is 1. The van der Waals surface area contributed by atoms with Crippen LogP contribution in [0.25, 0.3) is 0 Å². The van der Waals surface area contributed by atoms with Crippen LogP contribution in [-0.4, -0.2) is 55.8 Å². The lowest BCUT2D eigenvalue weighted by atomic mass is 10.1. The Bertz CT molecular complexity index is 1020. The highest BCUT2D eigenvalue weighted by Gasteiger charge is 2.23. The van der Waals surface area contributed by atoms with Crippen molar-refractivity contribution >= 4 is 17.6 Å². The molecule has 0 bridgehead atoms. The number of para-hydroxylation sites is 1. The summed E-state index contributed by atoms with van der Waals surface area (Å²) < 4.78 is 12.6. The smallest absolute Gasteiger partial charge is 0.338 e. The van der Waals surface area contributed by atoms with Gasteiger partial charge in [0.15, 0.2) is 0 Å². The lowest BCUT2D eigenvalue weighted by molar-refractivity contribution is -0.925. The summed E-state index contributed by atoms with van der Waals surface area (Å²) in [6.07, 6.45) is 14.9. The van der Waals surface area contributed by atoms with E-state index in [1.807, 2.05) is 18.2 Å². The van der Waals surface area contributed by atoms with E-state index in [0.29, 0.717) is 35.8 Å². The standard InChI is InChI=1S/C36H56N2O4/c1-5-9-11-13-15-19-27-38(7-3,8-4)28-30-42-36(40)31-23-25-32(26-24-31)37-35(39)33-21-17-18-22-34(33)41-29-20-16-14-12-10-6-2/h17-18,21-26H,5-16,19-20,27-30H2,1-4H3/p+1. The zero-order valence-corrected chi connectivity index (χ0v) is 26.9. The van der Waals surface area contributed by atoms with Gasteiger partial charge in [0.1, 0.15) is 18.9 Å². The van der Waals surface area contributed by atoms with Gasteiger partial charge in [-0.05, 0) is 69.5 Å². The summed E-state index contributed by atoms with van der Waals surface area (Å²) in [4.78, 5) is 25.7. The molecule has 0 aromatic heterocycles. The molecule has 0 aliphatic carbocycles. The summed E-state index contributed by atoms with van der Waals surface area (Å²) in [5.74, 6) is 0.0301. The van der Waals surface area contributed by atoms with Crippen molar-refractivity contribution in [3.8, 4) is 5.75 Å². The number of likely N-dealkylation sites (N-methyl/N-ethyl adjacent to an activating group) is 1. The van der Waals surface area contributed by atoms with E-state index in [0.717, 1.165) is 43.5 Å². The van der Waals surface area contributed by atoms with Crippen molar-refractivity contribution < 1.29 is 23.5 Å². The Hall–Kier alpha value is -2.86. The van der Waals surface area contributed by atoms with E-state index in [1.54, 1.807) is 30.3 Å². The van der Waals surface area contributed by atoms with Crippen LogP contribution in [-0.2, 0) is 4.74 Å². The van der Waals surface area contributed by atoms with Crippen molar-refractivity contribution in [2.45, 2.75) is 105 Å². The van der Waals surface area contributed by atoms with Gasteiger partial charge in [-0.2, -0.15) is 0 Å². The third-order valence-electron chi connectivity index (χ3n) is 8.39. The molecule has 42 heavy (non-hydrogen) atoms. The number of hydrogen-bond acceptors (Lipinski definition) is 4. The fourth-order valence-electron chi connectivity index (χ4n) is 5.34. The number of anilines is 1. The molecule has 2 aromatic rings. The van der Waals surface area contributed by atoms with Crippen molar-refractivity contribution in [1.29, 1.82) is 0 Å². The van der Waals surface area contributed by atoms with Crippen molar-refractivity contribution in [1.82, 2.24) is 0 Å². The molecule has 0 heterocycles. The number of rotatable bonds is 23. The molecular formula is C36H57N2O4+. The summed E-state index contributed by atoms with van der Waals surface area (Å²) >= 11 is 0. The number of ether oxygens (including phenoxy) is 2. The van der Waals surface area contributed by atoms with Gasteiger partial charge in [-0.15, -0.1) is 0 Å². The van der Waals surface area contributed by atoms with Gasteiger partial charge < -0.3 is 19.3 Å². The van der Waals surface area contributed by atoms with E-state index in [2.05, 4.69) is 33.0 Å². The van der Waals surface area contributed by atoms with E-state index >= 15 is 0 Å². The molecular weight excluding hydrogens is 524 g/mol. The maximum absolute atomic E-state index is 13.0. The Kier molecular flexibility index (Phi) is 17.6. The Labute approximate surface area is 255 Å². The Balaban J connectivity index is 1.82.